The van der Waals surface area contributed by atoms with Crippen molar-refractivity contribution in [3.8, 4) is 0 Å². The topological polar surface area (TPSA) is 55.6 Å². The molecule has 5 nitrogen and oxygen atoms in total. The van der Waals surface area contributed by atoms with E-state index in [0.29, 0.717) is 6.54 Å². The molecule has 15 heavy (non-hydrogen) atoms. The molecule has 78 valence electrons. The van der Waals surface area contributed by atoms with E-state index < -0.39 is 0 Å². The van der Waals surface area contributed by atoms with Crippen LogP contribution in [0.5, 0.6) is 0 Å². The fraction of sp³-hybridized carbons (Fsp3) is 0.222. The minimum absolute atomic E-state index is 0.627. The quantitative estimate of drug-likeness (QED) is 0.918. The molecule has 0 amide bonds. The summed E-state index contributed by atoms with van der Waals surface area (Å²) in [7, 11) is 1.84. The van der Waals surface area contributed by atoms with E-state index in [0.717, 1.165) is 16.0 Å². The van der Waals surface area contributed by atoms with Crippen molar-refractivity contribution < 1.29 is 0 Å². The summed E-state index contributed by atoms with van der Waals surface area (Å²) in [6.45, 7) is 0.627. The summed E-state index contributed by atoms with van der Waals surface area (Å²) in [4.78, 5) is 4.19. The first kappa shape index (κ1) is 10.1. The number of pyridine rings is 1. The van der Waals surface area contributed by atoms with E-state index in [2.05, 4.69) is 36.5 Å². The maximum absolute atomic E-state index is 4.19. The van der Waals surface area contributed by atoms with Gasteiger partial charge in [0.1, 0.15) is 11.5 Å². The Morgan fingerprint density at radius 3 is 2.93 bits per heavy atom. The Balaban J connectivity index is 1.96. The Bertz CT molecular complexity index is 436. The van der Waals surface area contributed by atoms with Crippen LogP contribution in [0.4, 0.5) is 5.82 Å². The normalized spacial score (nSPS) is 10.3. The highest BCUT2D eigenvalue weighted by molar-refractivity contribution is 9.10. The molecule has 0 aliphatic rings. The molecule has 0 unspecified atom stereocenters. The summed E-state index contributed by atoms with van der Waals surface area (Å²) < 4.78 is 2.64. The van der Waals surface area contributed by atoms with Crippen molar-refractivity contribution in [2.45, 2.75) is 6.54 Å². The van der Waals surface area contributed by atoms with Crippen LogP contribution < -0.4 is 5.32 Å². The van der Waals surface area contributed by atoms with Crippen LogP contribution in [-0.2, 0) is 13.6 Å². The smallest absolute Gasteiger partial charge is 0.126 e. The number of rotatable bonds is 3. The summed E-state index contributed by atoms with van der Waals surface area (Å²) in [5, 5.41) is 11.0. The summed E-state index contributed by atoms with van der Waals surface area (Å²) in [6, 6.07) is 3.84. The van der Waals surface area contributed by atoms with E-state index in [4.69, 9.17) is 0 Å². The van der Waals surface area contributed by atoms with Crippen LogP contribution in [0.15, 0.2) is 29.0 Å². The highest BCUT2D eigenvalue weighted by atomic mass is 79.9. The van der Waals surface area contributed by atoms with Crippen LogP contribution in [0.2, 0.25) is 0 Å². The molecule has 0 spiro atoms. The summed E-state index contributed by atoms with van der Waals surface area (Å²) in [6.07, 6.45) is 3.62. The molecule has 0 radical (unpaired) electrons. The molecule has 0 bridgehead atoms. The van der Waals surface area contributed by atoms with Crippen LogP contribution in [0.25, 0.3) is 0 Å². The van der Waals surface area contributed by atoms with E-state index in [-0.39, 0.29) is 0 Å². The largest absolute Gasteiger partial charge is 0.364 e. The van der Waals surface area contributed by atoms with Gasteiger partial charge in [-0.2, -0.15) is 0 Å². The number of halogens is 1. The van der Waals surface area contributed by atoms with E-state index in [1.807, 2.05) is 25.4 Å². The van der Waals surface area contributed by atoms with Crippen molar-refractivity contribution >= 4 is 21.7 Å². The first-order chi connectivity index (χ1) is 7.24. The van der Waals surface area contributed by atoms with Gasteiger partial charge >= 0.3 is 0 Å². The molecule has 2 aromatic rings. The van der Waals surface area contributed by atoms with Gasteiger partial charge in [0.05, 0.1) is 6.54 Å². The fourth-order valence-electron chi connectivity index (χ4n) is 1.14. The van der Waals surface area contributed by atoms with Gasteiger partial charge in [-0.15, -0.1) is 5.10 Å². The van der Waals surface area contributed by atoms with Crippen LogP contribution in [-0.4, -0.2) is 20.0 Å². The lowest BCUT2D eigenvalue weighted by Crippen LogP contribution is -2.01. The number of nitrogens with zero attached hydrogens (tertiary/aromatic N) is 4. The zero-order chi connectivity index (χ0) is 10.7. The average molecular weight is 268 g/mol. The molecule has 0 aliphatic heterocycles. The fourth-order valence-corrected chi connectivity index (χ4v) is 1.37. The Morgan fingerprint density at radius 1 is 1.47 bits per heavy atom. The molecule has 0 atom stereocenters. The molecule has 0 aliphatic carbocycles. The van der Waals surface area contributed by atoms with Gasteiger partial charge < -0.3 is 5.32 Å². The van der Waals surface area contributed by atoms with Crippen molar-refractivity contribution in [2.24, 2.45) is 7.05 Å². The van der Waals surface area contributed by atoms with Crippen molar-refractivity contribution in [3.63, 3.8) is 0 Å². The Morgan fingerprint density at radius 2 is 2.33 bits per heavy atom. The number of nitrogens with one attached hydrogen (secondary N) is 1. The Kier molecular flexibility index (Phi) is 2.96. The standard InChI is InChI=1S/C9H10BrN5/c1-15-6-8(13-14-15)5-12-9-3-2-7(10)4-11-9/h2-4,6H,5H2,1H3,(H,11,12). The minimum atomic E-state index is 0.627. The first-order valence-electron chi connectivity index (χ1n) is 4.44. The number of anilines is 1. The molecule has 2 heterocycles. The molecule has 0 saturated carbocycles. The molecule has 0 aromatic carbocycles. The number of hydrogen-bond donors (Lipinski definition) is 1. The zero-order valence-electron chi connectivity index (χ0n) is 8.18. The maximum Gasteiger partial charge on any atom is 0.126 e. The highest BCUT2D eigenvalue weighted by Crippen LogP contribution is 2.10. The third kappa shape index (κ3) is 2.76. The second-order valence-electron chi connectivity index (χ2n) is 3.10. The van der Waals surface area contributed by atoms with E-state index >= 15 is 0 Å². The molecular formula is C9H10BrN5. The van der Waals surface area contributed by atoms with Gasteiger partial charge in [-0.05, 0) is 28.1 Å². The predicted octanol–water partition coefficient (Wildman–Crippen LogP) is 1.58. The summed E-state index contributed by atoms with van der Waals surface area (Å²) in [5.74, 6) is 0.823. The molecule has 2 aromatic heterocycles. The minimum Gasteiger partial charge on any atom is -0.364 e. The van der Waals surface area contributed by atoms with Gasteiger partial charge in [0.2, 0.25) is 0 Å². The number of aromatic nitrogens is 4. The van der Waals surface area contributed by atoms with Crippen molar-refractivity contribution in [3.05, 3.63) is 34.7 Å². The second kappa shape index (κ2) is 4.39. The lowest BCUT2D eigenvalue weighted by Gasteiger charge is -2.01. The van der Waals surface area contributed by atoms with Crippen LogP contribution in [0.3, 0.4) is 0 Å². The number of aryl methyl sites for hydroxylation is 1. The average Bonchev–Trinajstić information content (AvgIpc) is 2.64. The van der Waals surface area contributed by atoms with E-state index in [1.165, 1.54) is 0 Å². The molecule has 0 saturated heterocycles. The van der Waals surface area contributed by atoms with E-state index in [9.17, 15) is 0 Å². The van der Waals surface area contributed by atoms with Crippen molar-refractivity contribution in [2.75, 3.05) is 5.32 Å². The van der Waals surface area contributed by atoms with Gasteiger partial charge in [0.25, 0.3) is 0 Å². The zero-order valence-corrected chi connectivity index (χ0v) is 9.77. The third-order valence-electron chi connectivity index (χ3n) is 1.83. The van der Waals surface area contributed by atoms with Gasteiger partial charge in [-0.25, -0.2) is 4.98 Å². The summed E-state index contributed by atoms with van der Waals surface area (Å²) in [5.41, 5.74) is 0.891. The summed E-state index contributed by atoms with van der Waals surface area (Å²) >= 11 is 3.33. The van der Waals surface area contributed by atoms with Gasteiger partial charge in [0, 0.05) is 23.9 Å². The van der Waals surface area contributed by atoms with Gasteiger partial charge in [-0.3, -0.25) is 4.68 Å². The van der Waals surface area contributed by atoms with Crippen LogP contribution in [0, 0.1) is 0 Å². The Hall–Kier alpha value is -1.43. The molecular weight excluding hydrogens is 258 g/mol. The maximum atomic E-state index is 4.19. The third-order valence-corrected chi connectivity index (χ3v) is 2.30. The lowest BCUT2D eigenvalue weighted by molar-refractivity contribution is 0.713. The highest BCUT2D eigenvalue weighted by Gasteiger charge is 1.98. The molecule has 2 rings (SSSR count). The van der Waals surface area contributed by atoms with Gasteiger partial charge in [0.15, 0.2) is 0 Å². The molecule has 0 fully saturated rings. The number of hydrogen-bond acceptors (Lipinski definition) is 4. The SMILES string of the molecule is Cn1cc(CNc2ccc(Br)cn2)nn1. The first-order valence-corrected chi connectivity index (χ1v) is 5.24. The van der Waals surface area contributed by atoms with Gasteiger partial charge in [-0.1, -0.05) is 5.21 Å². The van der Waals surface area contributed by atoms with Crippen LogP contribution in [0.1, 0.15) is 5.69 Å². The van der Waals surface area contributed by atoms with Crippen LogP contribution >= 0.6 is 15.9 Å². The second-order valence-corrected chi connectivity index (χ2v) is 4.01. The Labute approximate surface area is 95.7 Å². The predicted molar refractivity (Wildman–Crippen MR) is 60.3 cm³/mol. The molecule has 1 N–H and O–H groups in total. The van der Waals surface area contributed by atoms with E-state index in [1.54, 1.807) is 10.9 Å². The monoisotopic (exact) mass is 267 g/mol. The van der Waals surface area contributed by atoms with Crippen molar-refractivity contribution in [1.29, 1.82) is 0 Å². The lowest BCUT2D eigenvalue weighted by atomic mass is 10.4. The molecule has 6 heteroatoms. The van der Waals surface area contributed by atoms with Crippen molar-refractivity contribution in [1.82, 2.24) is 20.0 Å².